The molecular formula is C19H19ClN4O2. The Morgan fingerprint density at radius 3 is 2.58 bits per heavy atom. The van der Waals surface area contributed by atoms with Crippen LogP contribution in [0.1, 0.15) is 16.7 Å². The lowest BCUT2D eigenvalue weighted by atomic mass is 10.1. The fourth-order valence-electron chi connectivity index (χ4n) is 2.78. The number of H-pyrrole nitrogens is 1. The third kappa shape index (κ3) is 4.03. The number of halogens is 1. The summed E-state index contributed by atoms with van der Waals surface area (Å²) in [5.74, 6) is 1.04. The maximum Gasteiger partial charge on any atom is 0.264 e. The summed E-state index contributed by atoms with van der Waals surface area (Å²) < 4.78 is 5.67. The number of hydrogen-bond donors (Lipinski definition) is 2. The largest absolute Gasteiger partial charge is 0.483 e. The van der Waals surface area contributed by atoms with E-state index in [0.717, 1.165) is 22.4 Å². The molecule has 0 radical (unpaired) electrons. The standard InChI is InChI=1S/C19H19ClN4O2/c1-11-8-12(2)17(13(3)9-11)26-10-16(25)21-19-22-18(23-24-19)14-6-4-5-7-15(14)20/h4-9H,10H2,1-3H3,(H2,21,22,23,24,25). The number of nitrogens with zero attached hydrogens (tertiary/aromatic N) is 2. The van der Waals surface area contributed by atoms with Crippen LogP contribution in [-0.2, 0) is 4.79 Å². The highest BCUT2D eigenvalue weighted by Gasteiger charge is 2.13. The molecule has 0 bridgehead atoms. The second kappa shape index (κ2) is 7.58. The van der Waals surface area contributed by atoms with Crippen LogP contribution < -0.4 is 10.1 Å². The molecule has 1 aromatic heterocycles. The molecule has 0 unspecified atom stereocenters. The predicted molar refractivity (Wildman–Crippen MR) is 102 cm³/mol. The van der Waals surface area contributed by atoms with Crippen LogP contribution >= 0.6 is 11.6 Å². The minimum atomic E-state index is -0.339. The number of aryl methyl sites for hydroxylation is 3. The van der Waals surface area contributed by atoms with Crippen LogP contribution in [0.5, 0.6) is 5.75 Å². The fourth-order valence-corrected chi connectivity index (χ4v) is 3.01. The smallest absolute Gasteiger partial charge is 0.264 e. The van der Waals surface area contributed by atoms with E-state index in [1.54, 1.807) is 6.07 Å². The summed E-state index contributed by atoms with van der Waals surface area (Å²) in [5, 5.41) is 9.92. The van der Waals surface area contributed by atoms with Crippen LogP contribution in [0.3, 0.4) is 0 Å². The molecule has 1 heterocycles. The third-order valence-corrected chi connectivity index (χ3v) is 4.15. The number of nitrogens with one attached hydrogen (secondary N) is 2. The first-order valence-electron chi connectivity index (χ1n) is 8.12. The Kier molecular flexibility index (Phi) is 5.23. The highest BCUT2D eigenvalue weighted by molar-refractivity contribution is 6.33. The van der Waals surface area contributed by atoms with Crippen molar-refractivity contribution in [2.75, 3.05) is 11.9 Å². The van der Waals surface area contributed by atoms with Gasteiger partial charge in [-0.15, -0.1) is 5.10 Å². The van der Waals surface area contributed by atoms with E-state index in [0.29, 0.717) is 16.4 Å². The lowest BCUT2D eigenvalue weighted by molar-refractivity contribution is -0.118. The Labute approximate surface area is 156 Å². The first-order valence-corrected chi connectivity index (χ1v) is 8.49. The Balaban J connectivity index is 1.64. The van der Waals surface area contributed by atoms with Gasteiger partial charge in [0.05, 0.1) is 5.02 Å². The Morgan fingerprint density at radius 2 is 1.88 bits per heavy atom. The van der Waals surface area contributed by atoms with E-state index in [2.05, 4.69) is 20.5 Å². The number of carbonyl (C=O) groups is 1. The van der Waals surface area contributed by atoms with Crippen LogP contribution in [0.2, 0.25) is 5.02 Å². The van der Waals surface area contributed by atoms with Gasteiger partial charge in [0.15, 0.2) is 12.4 Å². The topological polar surface area (TPSA) is 79.9 Å². The molecule has 6 nitrogen and oxygen atoms in total. The van der Waals surface area contributed by atoms with Gasteiger partial charge < -0.3 is 4.74 Å². The number of amides is 1. The summed E-state index contributed by atoms with van der Waals surface area (Å²) >= 11 is 6.14. The van der Waals surface area contributed by atoms with Crippen molar-refractivity contribution in [1.82, 2.24) is 15.2 Å². The molecule has 26 heavy (non-hydrogen) atoms. The van der Waals surface area contributed by atoms with Crippen molar-refractivity contribution in [1.29, 1.82) is 0 Å². The van der Waals surface area contributed by atoms with Crippen LogP contribution in [-0.4, -0.2) is 27.7 Å². The summed E-state index contributed by atoms with van der Waals surface area (Å²) in [6.45, 7) is 5.81. The van der Waals surface area contributed by atoms with Gasteiger partial charge in [0.2, 0.25) is 5.95 Å². The molecule has 7 heteroatoms. The number of benzene rings is 2. The van der Waals surface area contributed by atoms with E-state index in [1.807, 2.05) is 51.1 Å². The van der Waals surface area contributed by atoms with Gasteiger partial charge >= 0.3 is 0 Å². The zero-order valence-electron chi connectivity index (χ0n) is 14.8. The third-order valence-electron chi connectivity index (χ3n) is 3.82. The molecule has 0 spiro atoms. The molecule has 1 amide bonds. The molecular weight excluding hydrogens is 352 g/mol. The lowest BCUT2D eigenvalue weighted by Gasteiger charge is -2.12. The predicted octanol–water partition coefficient (Wildman–Crippen LogP) is 4.07. The molecule has 2 aromatic carbocycles. The van der Waals surface area contributed by atoms with Crippen LogP contribution in [0, 0.1) is 20.8 Å². The maximum atomic E-state index is 12.1. The number of anilines is 1. The highest BCUT2D eigenvalue weighted by atomic mass is 35.5. The van der Waals surface area contributed by atoms with Gasteiger partial charge in [-0.05, 0) is 44.0 Å². The van der Waals surface area contributed by atoms with Crippen LogP contribution in [0.25, 0.3) is 11.4 Å². The number of ether oxygens (including phenoxy) is 1. The van der Waals surface area contributed by atoms with Gasteiger partial charge in [-0.1, -0.05) is 41.4 Å². The zero-order valence-corrected chi connectivity index (χ0v) is 15.5. The van der Waals surface area contributed by atoms with Crippen molar-refractivity contribution in [2.45, 2.75) is 20.8 Å². The number of hydrogen-bond acceptors (Lipinski definition) is 4. The van der Waals surface area contributed by atoms with E-state index in [1.165, 1.54) is 0 Å². The lowest BCUT2D eigenvalue weighted by Crippen LogP contribution is -2.21. The zero-order chi connectivity index (χ0) is 18.7. The fraction of sp³-hybridized carbons (Fsp3) is 0.211. The van der Waals surface area contributed by atoms with Gasteiger partial charge in [0, 0.05) is 5.56 Å². The van der Waals surface area contributed by atoms with Crippen molar-refractivity contribution in [3.8, 4) is 17.1 Å². The number of rotatable bonds is 5. The molecule has 3 aromatic rings. The summed E-state index contributed by atoms with van der Waals surface area (Å²) in [7, 11) is 0. The summed E-state index contributed by atoms with van der Waals surface area (Å²) in [6, 6.07) is 11.3. The highest BCUT2D eigenvalue weighted by Crippen LogP contribution is 2.25. The molecule has 0 atom stereocenters. The molecule has 3 rings (SSSR count). The normalized spacial score (nSPS) is 10.6. The second-order valence-electron chi connectivity index (χ2n) is 6.05. The second-order valence-corrected chi connectivity index (χ2v) is 6.46. The van der Waals surface area contributed by atoms with E-state index in [9.17, 15) is 4.79 Å². The van der Waals surface area contributed by atoms with Crippen LogP contribution in [0.4, 0.5) is 5.95 Å². The van der Waals surface area contributed by atoms with Crippen molar-refractivity contribution in [3.05, 3.63) is 58.1 Å². The Morgan fingerprint density at radius 1 is 1.19 bits per heavy atom. The average Bonchev–Trinajstić information content (AvgIpc) is 3.02. The van der Waals surface area contributed by atoms with Gasteiger partial charge in [0.25, 0.3) is 5.91 Å². The Hall–Kier alpha value is -2.86. The quantitative estimate of drug-likeness (QED) is 0.709. The van der Waals surface area contributed by atoms with Crippen LogP contribution in [0.15, 0.2) is 36.4 Å². The van der Waals surface area contributed by atoms with Gasteiger partial charge in [0.1, 0.15) is 5.75 Å². The summed E-state index contributed by atoms with van der Waals surface area (Å²) in [6.07, 6.45) is 0. The number of carbonyl (C=O) groups excluding carboxylic acids is 1. The van der Waals surface area contributed by atoms with E-state index in [4.69, 9.17) is 16.3 Å². The average molecular weight is 371 g/mol. The minimum Gasteiger partial charge on any atom is -0.483 e. The van der Waals surface area contributed by atoms with Gasteiger partial charge in [-0.3, -0.25) is 15.2 Å². The molecule has 0 saturated carbocycles. The van der Waals surface area contributed by atoms with Gasteiger partial charge in [-0.25, -0.2) is 0 Å². The van der Waals surface area contributed by atoms with E-state index >= 15 is 0 Å². The summed E-state index contributed by atoms with van der Waals surface area (Å²) in [4.78, 5) is 16.4. The van der Waals surface area contributed by atoms with Gasteiger partial charge in [-0.2, -0.15) is 4.98 Å². The molecule has 0 fully saturated rings. The monoisotopic (exact) mass is 370 g/mol. The van der Waals surface area contributed by atoms with Crippen molar-refractivity contribution < 1.29 is 9.53 Å². The molecule has 2 N–H and O–H groups in total. The van der Waals surface area contributed by atoms with Crippen molar-refractivity contribution >= 4 is 23.5 Å². The first-order chi connectivity index (χ1) is 12.4. The Bertz CT molecular complexity index is 929. The SMILES string of the molecule is Cc1cc(C)c(OCC(=O)Nc2n[nH]c(-c3ccccc3Cl)n2)c(C)c1. The van der Waals surface area contributed by atoms with Crippen molar-refractivity contribution in [3.63, 3.8) is 0 Å². The number of aromatic nitrogens is 3. The molecule has 0 saturated heterocycles. The molecule has 0 aliphatic carbocycles. The maximum absolute atomic E-state index is 12.1. The summed E-state index contributed by atoms with van der Waals surface area (Å²) in [5.41, 5.74) is 3.86. The number of aromatic amines is 1. The van der Waals surface area contributed by atoms with Crippen molar-refractivity contribution in [2.24, 2.45) is 0 Å². The molecule has 0 aliphatic rings. The molecule has 134 valence electrons. The first kappa shape index (κ1) is 17.9. The van der Waals surface area contributed by atoms with E-state index < -0.39 is 0 Å². The minimum absolute atomic E-state index is 0.124. The molecule has 0 aliphatic heterocycles. The van der Waals surface area contributed by atoms with E-state index in [-0.39, 0.29) is 18.5 Å².